The fourth-order valence-electron chi connectivity index (χ4n) is 3.54. The molecule has 40 heavy (non-hydrogen) atoms. The van der Waals surface area contributed by atoms with Crippen molar-refractivity contribution in [3.05, 3.63) is 28.8 Å². The van der Waals surface area contributed by atoms with Crippen molar-refractivity contribution in [2.45, 2.75) is 78.7 Å². The minimum atomic E-state index is -3.69. The first-order valence-corrected chi connectivity index (χ1v) is 15.7. The maximum atomic E-state index is 12.1. The fourth-order valence-corrected chi connectivity index (χ4v) is 4.00. The van der Waals surface area contributed by atoms with Gasteiger partial charge in [0.1, 0.15) is 20.0 Å². The average Bonchev–Trinajstić information content (AvgIpc) is 2.88. The lowest BCUT2D eigenvalue weighted by Gasteiger charge is -2.17. The molecule has 0 fully saturated rings. The van der Waals surface area contributed by atoms with E-state index in [9.17, 15) is 23.8 Å². The van der Waals surface area contributed by atoms with Gasteiger partial charge in [0.05, 0.1) is 19.8 Å². The SMILES string of the molecule is CCCCNC(=O)OCCCCCOC(=O)Oc1c(C)cc(COC(=O)NCCCCCOP(C)(=O)[O-])cc1C. The van der Waals surface area contributed by atoms with Crippen molar-refractivity contribution in [3.8, 4) is 5.75 Å². The maximum absolute atomic E-state index is 12.1. The normalized spacial score (nSPS) is 12.2. The van der Waals surface area contributed by atoms with Crippen LogP contribution < -0.4 is 20.3 Å². The van der Waals surface area contributed by atoms with Gasteiger partial charge in [-0.2, -0.15) is 0 Å². The topological polar surface area (TPSA) is 162 Å². The number of hydrogen-bond acceptors (Lipinski definition) is 10. The summed E-state index contributed by atoms with van der Waals surface area (Å²) in [6.07, 6.45) is 4.10. The van der Waals surface area contributed by atoms with Gasteiger partial charge in [0.15, 0.2) is 0 Å². The highest BCUT2D eigenvalue weighted by Gasteiger charge is 2.13. The van der Waals surface area contributed by atoms with Crippen LogP contribution in [0.25, 0.3) is 0 Å². The summed E-state index contributed by atoms with van der Waals surface area (Å²) in [5.41, 5.74) is 2.13. The Hall–Kier alpha value is -2.82. The zero-order valence-electron chi connectivity index (χ0n) is 24.1. The van der Waals surface area contributed by atoms with Gasteiger partial charge in [-0.3, -0.25) is 0 Å². The van der Waals surface area contributed by atoms with E-state index in [1.165, 1.54) is 0 Å². The van der Waals surface area contributed by atoms with Gasteiger partial charge in [-0.05, 0) is 87.6 Å². The molecule has 0 aromatic heterocycles. The molecule has 228 valence electrons. The Balaban J connectivity index is 2.24. The summed E-state index contributed by atoms with van der Waals surface area (Å²) in [6, 6.07) is 3.54. The molecule has 0 aliphatic heterocycles. The summed E-state index contributed by atoms with van der Waals surface area (Å²) >= 11 is 0. The summed E-state index contributed by atoms with van der Waals surface area (Å²) < 4.78 is 36.4. The molecule has 0 spiro atoms. The molecular formula is C27H44N2O10P-. The second-order valence-corrected chi connectivity index (χ2v) is 11.2. The first kappa shape index (κ1) is 35.2. The Labute approximate surface area is 237 Å². The minimum absolute atomic E-state index is 0.0471. The number of nitrogens with one attached hydrogen (secondary N) is 2. The average molecular weight is 588 g/mol. The van der Waals surface area contributed by atoms with Crippen LogP contribution in [-0.2, 0) is 29.9 Å². The standard InChI is InChI=1S/C27H45N2O10P/c1-5-6-13-28-25(30)35-15-10-8-11-16-36-27(32)39-24-21(2)18-23(19-22(24)3)20-37-26(31)29-14-9-7-12-17-38-40(4,33)34/h18-19H,5-17,20H2,1-4H3,(H,28,30)(H,29,31)(H,33,34)/p-1. The van der Waals surface area contributed by atoms with Gasteiger partial charge >= 0.3 is 18.3 Å². The largest absolute Gasteiger partial charge is 0.779 e. The van der Waals surface area contributed by atoms with E-state index in [-0.39, 0.29) is 19.8 Å². The van der Waals surface area contributed by atoms with Crippen molar-refractivity contribution in [1.82, 2.24) is 10.6 Å². The quantitative estimate of drug-likeness (QED) is 0.0731. The molecule has 1 rings (SSSR count). The van der Waals surface area contributed by atoms with Gasteiger partial charge < -0.3 is 43.6 Å². The number of alkyl carbamates (subject to hydrolysis) is 2. The maximum Gasteiger partial charge on any atom is 0.513 e. The number of ether oxygens (including phenoxy) is 4. The van der Waals surface area contributed by atoms with Gasteiger partial charge in [-0.25, -0.2) is 14.4 Å². The Bertz CT molecular complexity index is 944. The minimum Gasteiger partial charge on any atom is -0.779 e. The number of carbonyl (C=O) groups is 3. The van der Waals surface area contributed by atoms with Crippen LogP contribution in [0, 0.1) is 13.8 Å². The van der Waals surface area contributed by atoms with Gasteiger partial charge in [-0.1, -0.05) is 13.3 Å². The lowest BCUT2D eigenvalue weighted by atomic mass is 10.1. The Kier molecular flexibility index (Phi) is 17.7. The number of carbonyl (C=O) groups excluding carboxylic acids is 3. The lowest BCUT2D eigenvalue weighted by Crippen LogP contribution is -2.25. The predicted molar refractivity (Wildman–Crippen MR) is 148 cm³/mol. The third-order valence-corrected chi connectivity index (χ3v) is 6.18. The van der Waals surface area contributed by atoms with Crippen LogP contribution in [0.1, 0.15) is 75.0 Å². The summed E-state index contributed by atoms with van der Waals surface area (Å²) in [4.78, 5) is 46.4. The second-order valence-electron chi connectivity index (χ2n) is 9.40. The van der Waals surface area contributed by atoms with Crippen LogP contribution >= 0.6 is 7.60 Å². The van der Waals surface area contributed by atoms with Gasteiger partial charge in [0, 0.05) is 19.8 Å². The summed E-state index contributed by atoms with van der Waals surface area (Å²) in [6.45, 7) is 8.33. The highest BCUT2D eigenvalue weighted by molar-refractivity contribution is 7.50. The van der Waals surface area contributed by atoms with Gasteiger partial charge in [0.25, 0.3) is 0 Å². The van der Waals surface area contributed by atoms with Crippen molar-refractivity contribution in [2.75, 3.05) is 39.6 Å². The molecule has 12 nitrogen and oxygen atoms in total. The van der Waals surface area contributed by atoms with Crippen LogP contribution in [0.3, 0.4) is 0 Å². The Morgan fingerprint density at radius 3 is 1.98 bits per heavy atom. The van der Waals surface area contributed by atoms with Crippen molar-refractivity contribution >= 4 is 25.9 Å². The third kappa shape index (κ3) is 17.7. The summed E-state index contributed by atoms with van der Waals surface area (Å²) in [7, 11) is -3.69. The molecule has 2 N–H and O–H groups in total. The van der Waals surface area contributed by atoms with E-state index < -0.39 is 25.9 Å². The lowest BCUT2D eigenvalue weighted by molar-refractivity contribution is -0.196. The van der Waals surface area contributed by atoms with Crippen LogP contribution in [0.5, 0.6) is 5.75 Å². The van der Waals surface area contributed by atoms with Crippen molar-refractivity contribution in [3.63, 3.8) is 0 Å². The second kappa shape index (κ2) is 20.1. The molecule has 1 aromatic rings. The van der Waals surface area contributed by atoms with Gasteiger partial charge in [0.2, 0.25) is 0 Å². The van der Waals surface area contributed by atoms with Crippen molar-refractivity contribution in [1.29, 1.82) is 0 Å². The molecule has 0 bridgehead atoms. The van der Waals surface area contributed by atoms with E-state index in [4.69, 9.17) is 18.9 Å². The first-order chi connectivity index (χ1) is 19.0. The third-order valence-electron chi connectivity index (χ3n) is 5.53. The summed E-state index contributed by atoms with van der Waals surface area (Å²) in [5, 5.41) is 5.32. The monoisotopic (exact) mass is 587 g/mol. The fraction of sp³-hybridized carbons (Fsp3) is 0.667. The number of amides is 2. The molecule has 0 saturated carbocycles. The molecule has 0 saturated heterocycles. The molecule has 1 aromatic carbocycles. The number of rotatable bonds is 19. The Morgan fingerprint density at radius 1 is 0.800 bits per heavy atom. The first-order valence-electron chi connectivity index (χ1n) is 13.7. The van der Waals surface area contributed by atoms with Gasteiger partial charge in [-0.15, -0.1) is 0 Å². The zero-order chi connectivity index (χ0) is 29.8. The highest BCUT2D eigenvalue weighted by atomic mass is 31.2. The number of benzene rings is 1. The van der Waals surface area contributed by atoms with E-state index in [1.807, 2.05) is 6.92 Å². The highest BCUT2D eigenvalue weighted by Crippen LogP contribution is 2.31. The van der Waals surface area contributed by atoms with E-state index in [2.05, 4.69) is 15.2 Å². The molecule has 1 atom stereocenters. The Morgan fingerprint density at radius 2 is 1.35 bits per heavy atom. The number of hydrogen-bond donors (Lipinski definition) is 2. The molecule has 0 heterocycles. The molecule has 0 aliphatic rings. The van der Waals surface area contributed by atoms with Crippen molar-refractivity contribution in [2.24, 2.45) is 0 Å². The molecular weight excluding hydrogens is 543 g/mol. The molecule has 1 unspecified atom stereocenters. The van der Waals surface area contributed by atoms with E-state index >= 15 is 0 Å². The van der Waals surface area contributed by atoms with Crippen LogP contribution in [-0.4, -0.2) is 57.9 Å². The van der Waals surface area contributed by atoms with E-state index in [1.54, 1.807) is 26.0 Å². The van der Waals surface area contributed by atoms with E-state index in [0.717, 1.165) is 31.5 Å². The summed E-state index contributed by atoms with van der Waals surface area (Å²) in [5.74, 6) is 0.390. The molecule has 0 radical (unpaired) electrons. The molecule has 13 heteroatoms. The molecule has 0 aliphatic carbocycles. The number of unbranched alkanes of at least 4 members (excludes halogenated alkanes) is 5. The van der Waals surface area contributed by atoms with Crippen molar-refractivity contribution < 1.29 is 47.3 Å². The predicted octanol–water partition coefficient (Wildman–Crippen LogP) is 5.11. The molecule has 2 amide bonds. The zero-order valence-corrected chi connectivity index (χ0v) is 25.0. The smallest absolute Gasteiger partial charge is 0.513 e. The van der Waals surface area contributed by atoms with E-state index in [0.29, 0.717) is 68.7 Å². The van der Waals surface area contributed by atoms with Crippen LogP contribution in [0.4, 0.5) is 14.4 Å². The number of aryl methyl sites for hydroxylation is 2. The van der Waals surface area contributed by atoms with Crippen LogP contribution in [0.15, 0.2) is 12.1 Å². The van der Waals surface area contributed by atoms with Crippen LogP contribution in [0.2, 0.25) is 0 Å².